The molecule has 2 heterocycles. The molecular formula is C15H12F3N5O2. The number of carbonyl (C=O) groups is 1. The number of ether oxygens (including phenoxy) is 1. The van der Waals surface area contributed by atoms with Crippen LogP contribution in [0.25, 0.3) is 5.69 Å². The molecule has 0 aliphatic rings. The first-order chi connectivity index (χ1) is 11.9. The second kappa shape index (κ2) is 6.67. The highest BCUT2D eigenvalue weighted by molar-refractivity contribution is 5.83. The van der Waals surface area contributed by atoms with E-state index in [-0.39, 0.29) is 12.4 Å². The van der Waals surface area contributed by atoms with Crippen molar-refractivity contribution in [1.29, 1.82) is 0 Å². The highest BCUT2D eigenvalue weighted by Gasteiger charge is 2.30. The van der Waals surface area contributed by atoms with Gasteiger partial charge >= 0.3 is 12.3 Å². The molecule has 3 aromatic rings. The second-order valence-electron chi connectivity index (χ2n) is 5.01. The van der Waals surface area contributed by atoms with Crippen LogP contribution in [0.2, 0.25) is 0 Å². The number of aromatic nitrogens is 4. The Bertz CT molecular complexity index is 863. The third-order valence-corrected chi connectivity index (χ3v) is 3.21. The van der Waals surface area contributed by atoms with E-state index in [4.69, 9.17) is 4.74 Å². The molecule has 0 aliphatic heterocycles. The Balaban J connectivity index is 1.59. The van der Waals surface area contributed by atoms with Crippen LogP contribution in [0, 0.1) is 0 Å². The van der Waals surface area contributed by atoms with Crippen LogP contribution in [0.15, 0.2) is 48.9 Å². The van der Waals surface area contributed by atoms with Gasteiger partial charge in [-0.2, -0.15) is 13.2 Å². The molecule has 1 aromatic carbocycles. The van der Waals surface area contributed by atoms with Crippen LogP contribution in [0.4, 0.5) is 23.8 Å². The molecule has 3 rings (SSSR count). The van der Waals surface area contributed by atoms with Gasteiger partial charge in [0, 0.05) is 6.20 Å². The van der Waals surface area contributed by atoms with E-state index < -0.39 is 17.8 Å². The van der Waals surface area contributed by atoms with E-state index in [1.54, 1.807) is 29.2 Å². The van der Waals surface area contributed by atoms with Gasteiger partial charge in [0.15, 0.2) is 0 Å². The Kier molecular flexibility index (Phi) is 4.42. The maximum atomic E-state index is 12.6. The van der Waals surface area contributed by atoms with Crippen molar-refractivity contribution >= 4 is 11.9 Å². The summed E-state index contributed by atoms with van der Waals surface area (Å²) in [6.07, 6.45) is -2.88. The topological polar surface area (TPSA) is 84.8 Å². The average Bonchev–Trinajstić information content (AvgIpc) is 2.51. The molecule has 0 bridgehead atoms. The van der Waals surface area contributed by atoms with Gasteiger partial charge < -0.3 is 4.74 Å². The number of anilines is 1. The number of hydrogen-bond donors (Lipinski definition) is 2. The number of nitrogens with zero attached hydrogens (tertiary/aromatic N) is 3. The molecule has 0 fully saturated rings. The fraction of sp³-hybridized carbons (Fsp3) is 0.133. The lowest BCUT2D eigenvalue weighted by Crippen LogP contribution is -2.15. The SMILES string of the molecule is O=C(Nc1cc(C(F)(F)F)ccn1)OCc1cccc(-n2cn[nH]2)c1. The molecule has 0 radical (unpaired) electrons. The van der Waals surface area contributed by atoms with Crippen molar-refractivity contribution in [3.05, 3.63) is 60.0 Å². The van der Waals surface area contributed by atoms with Crippen LogP contribution >= 0.6 is 0 Å². The Morgan fingerprint density at radius 1 is 1.28 bits per heavy atom. The lowest BCUT2D eigenvalue weighted by atomic mass is 10.2. The van der Waals surface area contributed by atoms with E-state index in [1.165, 1.54) is 0 Å². The normalized spacial score (nSPS) is 11.3. The lowest BCUT2D eigenvalue weighted by Gasteiger charge is -2.11. The van der Waals surface area contributed by atoms with E-state index >= 15 is 0 Å². The first kappa shape index (κ1) is 16.6. The molecule has 0 atom stereocenters. The Morgan fingerprint density at radius 3 is 2.76 bits per heavy atom. The maximum absolute atomic E-state index is 12.6. The molecule has 0 saturated carbocycles. The number of pyridine rings is 1. The van der Waals surface area contributed by atoms with Gasteiger partial charge in [-0.15, -0.1) is 5.10 Å². The molecule has 130 valence electrons. The van der Waals surface area contributed by atoms with Crippen LogP contribution in [0.5, 0.6) is 0 Å². The summed E-state index contributed by atoms with van der Waals surface area (Å²) < 4.78 is 44.5. The first-order valence-electron chi connectivity index (χ1n) is 7.06. The maximum Gasteiger partial charge on any atom is 0.416 e. The van der Waals surface area contributed by atoms with Crippen molar-refractivity contribution in [3.63, 3.8) is 0 Å². The summed E-state index contributed by atoms with van der Waals surface area (Å²) in [7, 11) is 0. The Labute approximate surface area is 139 Å². The number of carbonyl (C=O) groups excluding carboxylic acids is 1. The van der Waals surface area contributed by atoms with Gasteiger partial charge in [0.05, 0.1) is 11.3 Å². The van der Waals surface area contributed by atoms with E-state index in [2.05, 4.69) is 20.6 Å². The summed E-state index contributed by atoms with van der Waals surface area (Å²) in [5.41, 5.74) is 0.594. The zero-order valence-corrected chi connectivity index (χ0v) is 12.6. The Morgan fingerprint density at radius 2 is 2.08 bits per heavy atom. The molecule has 0 unspecified atom stereocenters. The fourth-order valence-electron chi connectivity index (χ4n) is 2.00. The highest BCUT2D eigenvalue weighted by atomic mass is 19.4. The minimum atomic E-state index is -4.52. The average molecular weight is 351 g/mol. The second-order valence-corrected chi connectivity index (χ2v) is 5.01. The largest absolute Gasteiger partial charge is 0.444 e. The van der Waals surface area contributed by atoms with Gasteiger partial charge in [0.1, 0.15) is 18.8 Å². The number of benzene rings is 1. The van der Waals surface area contributed by atoms with Crippen molar-refractivity contribution in [3.8, 4) is 5.69 Å². The minimum absolute atomic E-state index is 0.0520. The summed E-state index contributed by atoms with van der Waals surface area (Å²) in [5, 5.41) is 8.57. The van der Waals surface area contributed by atoms with E-state index in [0.717, 1.165) is 24.0 Å². The summed E-state index contributed by atoms with van der Waals surface area (Å²) in [6.45, 7) is -0.0520. The Hall–Kier alpha value is -3.30. The van der Waals surface area contributed by atoms with Crippen molar-refractivity contribution in [2.45, 2.75) is 12.8 Å². The molecule has 2 N–H and O–H groups in total. The van der Waals surface area contributed by atoms with Crippen LogP contribution < -0.4 is 5.32 Å². The number of H-pyrrole nitrogens is 1. The van der Waals surface area contributed by atoms with Crippen LogP contribution in [-0.2, 0) is 17.5 Å². The smallest absolute Gasteiger partial charge is 0.416 e. The molecule has 7 nitrogen and oxygen atoms in total. The molecule has 1 amide bonds. The highest BCUT2D eigenvalue weighted by Crippen LogP contribution is 2.29. The van der Waals surface area contributed by atoms with Crippen molar-refractivity contribution in [1.82, 2.24) is 20.0 Å². The zero-order chi connectivity index (χ0) is 17.9. The number of halogens is 3. The van der Waals surface area contributed by atoms with E-state index in [0.29, 0.717) is 5.56 Å². The number of aromatic amines is 1. The predicted octanol–water partition coefficient (Wildman–Crippen LogP) is 3.36. The van der Waals surface area contributed by atoms with Crippen LogP contribution in [-0.4, -0.2) is 26.1 Å². The number of rotatable bonds is 4. The third-order valence-electron chi connectivity index (χ3n) is 3.21. The fourth-order valence-corrected chi connectivity index (χ4v) is 2.00. The molecular weight excluding hydrogens is 339 g/mol. The number of amides is 1. The molecule has 0 aliphatic carbocycles. The summed E-state index contributed by atoms with van der Waals surface area (Å²) in [4.78, 5) is 15.4. The van der Waals surface area contributed by atoms with Gasteiger partial charge in [0.25, 0.3) is 0 Å². The molecule has 0 saturated heterocycles. The van der Waals surface area contributed by atoms with Gasteiger partial charge in [-0.1, -0.05) is 12.1 Å². The minimum Gasteiger partial charge on any atom is -0.444 e. The molecule has 0 spiro atoms. The number of nitrogens with one attached hydrogen (secondary N) is 2. The summed E-state index contributed by atoms with van der Waals surface area (Å²) in [6, 6.07) is 8.67. The first-order valence-corrected chi connectivity index (χ1v) is 7.06. The lowest BCUT2D eigenvalue weighted by molar-refractivity contribution is -0.137. The quantitative estimate of drug-likeness (QED) is 0.755. The molecule has 25 heavy (non-hydrogen) atoms. The van der Waals surface area contributed by atoms with Crippen molar-refractivity contribution < 1.29 is 22.7 Å². The van der Waals surface area contributed by atoms with Crippen molar-refractivity contribution in [2.75, 3.05) is 5.32 Å². The van der Waals surface area contributed by atoms with Crippen molar-refractivity contribution in [2.24, 2.45) is 0 Å². The van der Waals surface area contributed by atoms with Gasteiger partial charge in [0.2, 0.25) is 0 Å². The van der Waals surface area contributed by atoms with E-state index in [9.17, 15) is 18.0 Å². The zero-order valence-electron chi connectivity index (χ0n) is 12.6. The predicted molar refractivity (Wildman–Crippen MR) is 81.0 cm³/mol. The number of alkyl halides is 3. The van der Waals surface area contributed by atoms with Gasteiger partial charge in [-0.05, 0) is 29.8 Å². The van der Waals surface area contributed by atoms with Gasteiger partial charge in [-0.3, -0.25) is 5.32 Å². The number of hydrogen-bond acceptors (Lipinski definition) is 4. The summed E-state index contributed by atoms with van der Waals surface area (Å²) >= 11 is 0. The van der Waals surface area contributed by atoms with Crippen LogP contribution in [0.1, 0.15) is 11.1 Å². The molecule has 10 heteroatoms. The summed E-state index contributed by atoms with van der Waals surface area (Å²) in [5.74, 6) is -0.241. The van der Waals surface area contributed by atoms with Gasteiger partial charge in [-0.25, -0.2) is 19.7 Å². The standard InChI is InChI=1S/C15H12F3N5O2/c16-15(17,18)11-4-5-19-13(7-11)21-14(24)25-8-10-2-1-3-12(6-10)23-9-20-22-23/h1-7,9,22H,8H2,(H,19,21,24). The van der Waals surface area contributed by atoms with E-state index in [1.807, 2.05) is 6.07 Å². The van der Waals surface area contributed by atoms with Crippen LogP contribution in [0.3, 0.4) is 0 Å². The monoisotopic (exact) mass is 351 g/mol. The molecule has 2 aromatic heterocycles. The third kappa shape index (κ3) is 4.16.